The van der Waals surface area contributed by atoms with Crippen LogP contribution in [-0.4, -0.2) is 18.2 Å². The topological polar surface area (TPSA) is 64.5 Å². The van der Waals surface area contributed by atoms with Gasteiger partial charge in [-0.3, -0.25) is 0 Å². The molecular weight excluding hydrogens is 214 g/mol. The number of ether oxygens (including phenoxy) is 1. The summed E-state index contributed by atoms with van der Waals surface area (Å²) in [5.41, 5.74) is 7.42. The van der Waals surface area contributed by atoms with Gasteiger partial charge < -0.3 is 15.5 Å². The largest absolute Gasteiger partial charge is 0.494 e. The van der Waals surface area contributed by atoms with Gasteiger partial charge in [-0.05, 0) is 31.4 Å². The second kappa shape index (κ2) is 5.10. The van der Waals surface area contributed by atoms with Crippen molar-refractivity contribution in [3.05, 3.63) is 30.0 Å². The Morgan fingerprint density at radius 2 is 2.18 bits per heavy atom. The minimum Gasteiger partial charge on any atom is -0.494 e. The molecule has 1 aliphatic rings. The first-order valence-corrected chi connectivity index (χ1v) is 5.86. The number of nitrogens with two attached hydrogens (primary N) is 2. The molecule has 0 bridgehead atoms. The lowest BCUT2D eigenvalue weighted by atomic mass is 9.93. The average molecular weight is 233 g/mol. The second-order valence-corrected chi connectivity index (χ2v) is 4.32. The normalized spacial score (nSPS) is 15.9. The van der Waals surface area contributed by atoms with Crippen LogP contribution in [0.15, 0.2) is 24.4 Å². The van der Waals surface area contributed by atoms with Crippen LogP contribution in [0, 0.1) is 0 Å². The van der Waals surface area contributed by atoms with Crippen LogP contribution >= 0.6 is 0 Å². The van der Waals surface area contributed by atoms with E-state index >= 15 is 0 Å². The van der Waals surface area contributed by atoms with Crippen molar-refractivity contribution in [2.45, 2.75) is 25.3 Å². The maximum Gasteiger partial charge on any atom is 0.149 e. The van der Waals surface area contributed by atoms with E-state index in [4.69, 9.17) is 16.3 Å². The summed E-state index contributed by atoms with van der Waals surface area (Å²) in [5.74, 6) is 6.63. The fraction of sp³-hybridized carbons (Fsp3) is 0.385. The molecule has 4 heteroatoms. The summed E-state index contributed by atoms with van der Waals surface area (Å²) in [7, 11) is 1.62. The van der Waals surface area contributed by atoms with E-state index in [1.54, 1.807) is 12.1 Å². The number of nitrogen functional groups attached to an aromatic ring is 1. The van der Waals surface area contributed by atoms with E-state index in [1.165, 1.54) is 19.3 Å². The van der Waals surface area contributed by atoms with Gasteiger partial charge >= 0.3 is 0 Å². The Balaban J connectivity index is 2.11. The maximum atomic E-state index is 5.93. The Morgan fingerprint density at radius 3 is 2.76 bits per heavy atom. The van der Waals surface area contributed by atoms with Crippen LogP contribution in [0.5, 0.6) is 5.75 Å². The zero-order valence-electron chi connectivity index (χ0n) is 10.1. The van der Waals surface area contributed by atoms with Gasteiger partial charge in [0.1, 0.15) is 5.75 Å². The highest BCUT2D eigenvalue weighted by Gasteiger charge is 2.20. The molecule has 0 spiro atoms. The standard InChI is InChI=1S/C13H19N3O/c1-17-13-10(4-2-7-12(13)14)8-9-16(15)11-5-3-6-11/h2,4,7-9,11H,3,5-6,14-15H2,1H3/b9-8+. The molecule has 0 amide bonds. The highest BCUT2D eigenvalue weighted by Crippen LogP contribution is 2.28. The quantitative estimate of drug-likeness (QED) is 0.474. The lowest BCUT2D eigenvalue weighted by Gasteiger charge is -2.33. The van der Waals surface area contributed by atoms with E-state index in [1.807, 2.05) is 30.5 Å². The number of rotatable bonds is 4. The Morgan fingerprint density at radius 1 is 1.41 bits per heavy atom. The summed E-state index contributed by atoms with van der Waals surface area (Å²) in [6.45, 7) is 0. The summed E-state index contributed by atoms with van der Waals surface area (Å²) < 4.78 is 5.27. The first kappa shape index (κ1) is 11.8. The van der Waals surface area contributed by atoms with Gasteiger partial charge in [0.15, 0.2) is 0 Å². The average Bonchev–Trinajstić information content (AvgIpc) is 2.24. The van der Waals surface area contributed by atoms with E-state index in [0.717, 1.165) is 5.56 Å². The number of hydrazine groups is 1. The molecule has 92 valence electrons. The molecule has 1 saturated carbocycles. The zero-order chi connectivity index (χ0) is 12.3. The monoisotopic (exact) mass is 233 g/mol. The number of methoxy groups -OCH3 is 1. The lowest BCUT2D eigenvalue weighted by molar-refractivity contribution is 0.188. The van der Waals surface area contributed by atoms with Crippen molar-refractivity contribution in [2.24, 2.45) is 5.84 Å². The number of hydrogen-bond donors (Lipinski definition) is 2. The van der Waals surface area contributed by atoms with Gasteiger partial charge in [0, 0.05) is 17.8 Å². The molecule has 1 aromatic rings. The number of hydrogen-bond acceptors (Lipinski definition) is 4. The Kier molecular flexibility index (Phi) is 3.54. The van der Waals surface area contributed by atoms with Gasteiger partial charge in [0.05, 0.1) is 12.8 Å². The third-order valence-corrected chi connectivity index (χ3v) is 3.20. The Hall–Kier alpha value is -1.68. The molecule has 0 heterocycles. The molecule has 1 aliphatic carbocycles. The number of anilines is 1. The van der Waals surface area contributed by atoms with Gasteiger partial charge in [-0.1, -0.05) is 12.1 Å². The minimum absolute atomic E-state index is 0.485. The molecule has 2 rings (SSSR count). The van der Waals surface area contributed by atoms with Gasteiger partial charge in [-0.15, -0.1) is 0 Å². The molecule has 4 N–H and O–H groups in total. The number of benzene rings is 1. The van der Waals surface area contributed by atoms with Crippen molar-refractivity contribution < 1.29 is 4.74 Å². The number of nitrogens with zero attached hydrogens (tertiary/aromatic N) is 1. The highest BCUT2D eigenvalue weighted by molar-refractivity contribution is 5.67. The van der Waals surface area contributed by atoms with Gasteiger partial charge in [-0.2, -0.15) is 0 Å². The third-order valence-electron chi connectivity index (χ3n) is 3.20. The van der Waals surface area contributed by atoms with Crippen molar-refractivity contribution in [3.8, 4) is 5.75 Å². The van der Waals surface area contributed by atoms with Crippen LogP contribution in [0.4, 0.5) is 5.69 Å². The van der Waals surface area contributed by atoms with Crippen LogP contribution in [0.1, 0.15) is 24.8 Å². The Labute approximate surface area is 102 Å². The van der Waals surface area contributed by atoms with E-state index < -0.39 is 0 Å². The summed E-state index contributed by atoms with van der Waals surface area (Å²) in [6.07, 6.45) is 7.45. The van der Waals surface area contributed by atoms with Crippen molar-refractivity contribution in [1.29, 1.82) is 0 Å². The first-order chi connectivity index (χ1) is 8.22. The Bertz CT molecular complexity index is 413. The van der Waals surface area contributed by atoms with Crippen molar-refractivity contribution >= 4 is 11.8 Å². The molecule has 0 radical (unpaired) electrons. The van der Waals surface area contributed by atoms with Crippen LogP contribution in [0.3, 0.4) is 0 Å². The van der Waals surface area contributed by atoms with E-state index in [2.05, 4.69) is 0 Å². The van der Waals surface area contributed by atoms with E-state index in [-0.39, 0.29) is 0 Å². The molecule has 0 saturated heterocycles. The molecule has 1 fully saturated rings. The van der Waals surface area contributed by atoms with Crippen LogP contribution in [-0.2, 0) is 0 Å². The van der Waals surface area contributed by atoms with Crippen molar-refractivity contribution in [1.82, 2.24) is 5.01 Å². The zero-order valence-corrected chi connectivity index (χ0v) is 10.1. The molecule has 17 heavy (non-hydrogen) atoms. The first-order valence-electron chi connectivity index (χ1n) is 5.86. The molecule has 0 aliphatic heterocycles. The SMILES string of the molecule is COc1c(N)cccc1/C=C/N(N)C1CCC1. The molecule has 0 aromatic heterocycles. The third kappa shape index (κ3) is 2.53. The lowest BCUT2D eigenvalue weighted by Crippen LogP contribution is -2.40. The fourth-order valence-electron chi connectivity index (χ4n) is 1.91. The van der Waals surface area contributed by atoms with E-state index in [9.17, 15) is 0 Å². The molecule has 0 unspecified atom stereocenters. The van der Waals surface area contributed by atoms with Crippen molar-refractivity contribution in [2.75, 3.05) is 12.8 Å². The second-order valence-electron chi connectivity index (χ2n) is 4.32. The van der Waals surface area contributed by atoms with E-state index in [0.29, 0.717) is 17.5 Å². The molecule has 0 atom stereocenters. The number of para-hydroxylation sites is 1. The minimum atomic E-state index is 0.485. The van der Waals surface area contributed by atoms with Gasteiger partial charge in [-0.25, -0.2) is 5.84 Å². The van der Waals surface area contributed by atoms with Gasteiger partial charge in [0.2, 0.25) is 0 Å². The van der Waals surface area contributed by atoms with Crippen LogP contribution in [0.2, 0.25) is 0 Å². The summed E-state index contributed by atoms with van der Waals surface area (Å²) in [6, 6.07) is 6.17. The smallest absolute Gasteiger partial charge is 0.149 e. The molecule has 4 nitrogen and oxygen atoms in total. The highest BCUT2D eigenvalue weighted by atomic mass is 16.5. The summed E-state index contributed by atoms with van der Waals surface area (Å²) in [4.78, 5) is 0. The van der Waals surface area contributed by atoms with Crippen LogP contribution in [0.25, 0.3) is 6.08 Å². The predicted molar refractivity (Wildman–Crippen MR) is 70.1 cm³/mol. The summed E-state index contributed by atoms with van der Waals surface area (Å²) >= 11 is 0. The van der Waals surface area contributed by atoms with Crippen molar-refractivity contribution in [3.63, 3.8) is 0 Å². The molecular formula is C13H19N3O. The fourth-order valence-corrected chi connectivity index (χ4v) is 1.91. The van der Waals surface area contributed by atoms with Crippen LogP contribution < -0.4 is 16.3 Å². The summed E-state index contributed by atoms with van der Waals surface area (Å²) in [5, 5.41) is 1.77. The predicted octanol–water partition coefficient (Wildman–Crippen LogP) is 1.98. The molecule has 1 aromatic carbocycles. The maximum absolute atomic E-state index is 5.93. The van der Waals surface area contributed by atoms with Gasteiger partial charge in [0.25, 0.3) is 0 Å².